The van der Waals surface area contributed by atoms with E-state index in [1.165, 1.54) is 0 Å². The number of benzene rings is 2. The summed E-state index contributed by atoms with van der Waals surface area (Å²) < 4.78 is 5.29. The Labute approximate surface area is 166 Å². The standard InChI is InChI=1S/C20H20N4O3S/c1-12-9-10-16(27-3)15(11-12)23-18(25)17-13(2)21-20(28-17)24-19(26)22-14-7-5-4-6-8-14/h4-11H,1-3H3,(H,23,25)(H2,21,22,24,26). The van der Waals surface area contributed by atoms with E-state index in [4.69, 9.17) is 4.74 Å². The lowest BCUT2D eigenvalue weighted by Gasteiger charge is -2.10. The van der Waals surface area contributed by atoms with Crippen LogP contribution in [0, 0.1) is 13.8 Å². The Balaban J connectivity index is 1.70. The second-order valence-corrected chi connectivity index (χ2v) is 7.04. The number of para-hydroxylation sites is 1. The third kappa shape index (κ3) is 4.66. The first-order valence-corrected chi connectivity index (χ1v) is 9.34. The van der Waals surface area contributed by atoms with Crippen molar-refractivity contribution in [1.82, 2.24) is 4.98 Å². The molecule has 3 amide bonds. The molecule has 0 aliphatic rings. The fourth-order valence-corrected chi connectivity index (χ4v) is 3.40. The number of nitrogens with zero attached hydrogens (tertiary/aromatic N) is 1. The van der Waals surface area contributed by atoms with E-state index in [1.54, 1.807) is 32.2 Å². The van der Waals surface area contributed by atoms with Gasteiger partial charge in [0.2, 0.25) is 0 Å². The quantitative estimate of drug-likeness (QED) is 0.585. The number of aromatic nitrogens is 1. The lowest BCUT2D eigenvalue weighted by molar-refractivity contribution is 0.102. The average molecular weight is 396 g/mol. The number of amides is 3. The van der Waals surface area contributed by atoms with Crippen LogP contribution < -0.4 is 20.7 Å². The summed E-state index contributed by atoms with van der Waals surface area (Å²) in [6, 6.07) is 14.2. The molecule has 8 heteroatoms. The topological polar surface area (TPSA) is 92.4 Å². The molecule has 0 aliphatic heterocycles. The van der Waals surface area contributed by atoms with Gasteiger partial charge in [-0.3, -0.25) is 10.1 Å². The molecule has 7 nitrogen and oxygen atoms in total. The molecule has 0 fully saturated rings. The molecule has 3 N–H and O–H groups in total. The number of hydrogen-bond acceptors (Lipinski definition) is 5. The average Bonchev–Trinajstić information content (AvgIpc) is 3.02. The number of rotatable bonds is 5. The van der Waals surface area contributed by atoms with E-state index in [0.29, 0.717) is 32.8 Å². The van der Waals surface area contributed by atoms with Crippen LogP contribution >= 0.6 is 11.3 Å². The highest BCUT2D eigenvalue weighted by Crippen LogP contribution is 2.28. The van der Waals surface area contributed by atoms with Gasteiger partial charge in [0.25, 0.3) is 5.91 Å². The van der Waals surface area contributed by atoms with Gasteiger partial charge >= 0.3 is 6.03 Å². The van der Waals surface area contributed by atoms with Crippen LogP contribution in [0.15, 0.2) is 48.5 Å². The fourth-order valence-electron chi connectivity index (χ4n) is 2.54. The molecule has 3 rings (SSSR count). The third-order valence-corrected chi connectivity index (χ3v) is 4.93. The van der Waals surface area contributed by atoms with Crippen molar-refractivity contribution in [3.05, 3.63) is 64.7 Å². The molecule has 0 atom stereocenters. The molecule has 28 heavy (non-hydrogen) atoms. The maximum atomic E-state index is 12.7. The molecule has 144 valence electrons. The summed E-state index contributed by atoms with van der Waals surface area (Å²) in [5.74, 6) is 0.261. The zero-order chi connectivity index (χ0) is 20.1. The monoisotopic (exact) mass is 396 g/mol. The predicted octanol–water partition coefficient (Wildman–Crippen LogP) is 4.66. The van der Waals surface area contributed by atoms with Gasteiger partial charge in [0, 0.05) is 5.69 Å². The van der Waals surface area contributed by atoms with Crippen molar-refractivity contribution >= 4 is 39.8 Å². The van der Waals surface area contributed by atoms with Gasteiger partial charge in [0.05, 0.1) is 18.5 Å². The molecular weight excluding hydrogens is 376 g/mol. The number of carbonyl (C=O) groups is 2. The minimum atomic E-state index is -0.424. The van der Waals surface area contributed by atoms with Crippen LogP contribution in [0.1, 0.15) is 20.9 Å². The first-order chi connectivity index (χ1) is 13.5. The number of carbonyl (C=O) groups excluding carboxylic acids is 2. The van der Waals surface area contributed by atoms with Crippen molar-refractivity contribution in [2.45, 2.75) is 13.8 Å². The lowest BCUT2D eigenvalue weighted by Crippen LogP contribution is -2.19. The Bertz CT molecular complexity index is 1000. The van der Waals surface area contributed by atoms with E-state index in [0.717, 1.165) is 16.9 Å². The van der Waals surface area contributed by atoms with Crippen LogP contribution in [0.3, 0.4) is 0 Å². The van der Waals surface area contributed by atoms with Crippen LogP contribution in [0.2, 0.25) is 0 Å². The molecule has 1 aromatic heterocycles. The summed E-state index contributed by atoms with van der Waals surface area (Å²) in [5, 5.41) is 8.55. The second-order valence-electron chi connectivity index (χ2n) is 6.04. The third-order valence-electron chi connectivity index (χ3n) is 3.86. The van der Waals surface area contributed by atoms with Gasteiger partial charge in [-0.05, 0) is 43.7 Å². The predicted molar refractivity (Wildman–Crippen MR) is 112 cm³/mol. The Hall–Kier alpha value is -3.39. The summed E-state index contributed by atoms with van der Waals surface area (Å²) in [5.41, 5.74) is 2.77. The van der Waals surface area contributed by atoms with Crippen LogP contribution in [-0.4, -0.2) is 24.0 Å². The van der Waals surface area contributed by atoms with E-state index in [-0.39, 0.29) is 5.91 Å². The van der Waals surface area contributed by atoms with Crippen molar-refractivity contribution in [2.24, 2.45) is 0 Å². The zero-order valence-corrected chi connectivity index (χ0v) is 16.5. The minimum absolute atomic E-state index is 0.310. The first kappa shape index (κ1) is 19.4. The number of nitrogens with one attached hydrogen (secondary N) is 3. The molecule has 3 aromatic rings. The van der Waals surface area contributed by atoms with Crippen molar-refractivity contribution < 1.29 is 14.3 Å². The van der Waals surface area contributed by atoms with E-state index in [1.807, 2.05) is 37.3 Å². The van der Waals surface area contributed by atoms with Crippen LogP contribution in [0.25, 0.3) is 0 Å². The number of urea groups is 1. The summed E-state index contributed by atoms with van der Waals surface area (Å²) in [6.45, 7) is 3.65. The van der Waals surface area contributed by atoms with Gasteiger partial charge in [-0.1, -0.05) is 35.6 Å². The molecule has 1 heterocycles. The van der Waals surface area contributed by atoms with Crippen LogP contribution in [0.4, 0.5) is 21.3 Å². The Morgan fingerprint density at radius 2 is 1.75 bits per heavy atom. The Kier molecular flexibility index (Phi) is 5.90. The SMILES string of the molecule is COc1ccc(C)cc1NC(=O)c1sc(NC(=O)Nc2ccccc2)nc1C. The molecule has 0 saturated carbocycles. The molecule has 0 bridgehead atoms. The van der Waals surface area contributed by atoms with E-state index < -0.39 is 6.03 Å². The van der Waals surface area contributed by atoms with Crippen molar-refractivity contribution in [1.29, 1.82) is 0 Å². The van der Waals surface area contributed by atoms with Crippen molar-refractivity contribution in [3.8, 4) is 5.75 Å². The van der Waals surface area contributed by atoms with E-state index >= 15 is 0 Å². The number of thiazole rings is 1. The first-order valence-electron chi connectivity index (χ1n) is 8.52. The molecule has 0 spiro atoms. The highest BCUT2D eigenvalue weighted by Gasteiger charge is 2.18. The fraction of sp³-hybridized carbons (Fsp3) is 0.150. The van der Waals surface area contributed by atoms with E-state index in [9.17, 15) is 9.59 Å². The van der Waals surface area contributed by atoms with E-state index in [2.05, 4.69) is 20.9 Å². The summed E-state index contributed by atoms with van der Waals surface area (Å²) >= 11 is 1.11. The maximum Gasteiger partial charge on any atom is 0.325 e. The number of anilines is 3. The molecule has 0 radical (unpaired) electrons. The van der Waals surface area contributed by atoms with Gasteiger partial charge < -0.3 is 15.4 Å². The van der Waals surface area contributed by atoms with Gasteiger partial charge in [0.15, 0.2) is 5.13 Å². The summed E-state index contributed by atoms with van der Waals surface area (Å²) in [6.07, 6.45) is 0. The number of aryl methyl sites for hydroxylation is 2. The number of hydrogen-bond donors (Lipinski definition) is 3. The van der Waals surface area contributed by atoms with Crippen LogP contribution in [-0.2, 0) is 0 Å². The highest BCUT2D eigenvalue weighted by molar-refractivity contribution is 7.17. The molecular formula is C20H20N4O3S. The molecule has 2 aromatic carbocycles. The second kappa shape index (κ2) is 8.53. The van der Waals surface area contributed by atoms with Gasteiger partial charge in [-0.25, -0.2) is 9.78 Å². The van der Waals surface area contributed by atoms with Gasteiger partial charge in [0.1, 0.15) is 10.6 Å². The summed E-state index contributed by atoms with van der Waals surface area (Å²) in [7, 11) is 1.55. The van der Waals surface area contributed by atoms with Gasteiger partial charge in [-0.2, -0.15) is 0 Å². The normalized spacial score (nSPS) is 10.2. The maximum absolute atomic E-state index is 12.7. The molecule has 0 saturated heterocycles. The number of ether oxygens (including phenoxy) is 1. The van der Waals surface area contributed by atoms with Crippen molar-refractivity contribution in [3.63, 3.8) is 0 Å². The molecule has 0 aliphatic carbocycles. The molecule has 0 unspecified atom stereocenters. The minimum Gasteiger partial charge on any atom is -0.495 e. The smallest absolute Gasteiger partial charge is 0.325 e. The lowest BCUT2D eigenvalue weighted by atomic mass is 10.2. The Morgan fingerprint density at radius 1 is 1.00 bits per heavy atom. The van der Waals surface area contributed by atoms with Crippen LogP contribution in [0.5, 0.6) is 5.75 Å². The number of methoxy groups -OCH3 is 1. The summed E-state index contributed by atoms with van der Waals surface area (Å²) in [4.78, 5) is 29.5. The Morgan fingerprint density at radius 3 is 2.46 bits per heavy atom. The largest absolute Gasteiger partial charge is 0.495 e. The van der Waals surface area contributed by atoms with Crippen molar-refractivity contribution in [2.75, 3.05) is 23.1 Å². The highest BCUT2D eigenvalue weighted by atomic mass is 32.1. The van der Waals surface area contributed by atoms with Gasteiger partial charge in [-0.15, -0.1) is 0 Å². The zero-order valence-electron chi connectivity index (χ0n) is 15.7.